The van der Waals surface area contributed by atoms with Gasteiger partial charge in [0.1, 0.15) is 11.5 Å². The SMILES string of the molecule is CC(C)OC(=O)C(C)(C)S(=O)(=O)c1ccc([C@@H](CO)NC(=O)c2cc(-c3ccc(F)cc3)nn2C)cc1. The highest BCUT2D eigenvalue weighted by molar-refractivity contribution is 7.93. The third-order valence-electron chi connectivity index (χ3n) is 5.84. The third kappa shape index (κ3) is 5.89. The van der Waals surface area contributed by atoms with Gasteiger partial charge in [-0.15, -0.1) is 0 Å². The molecule has 0 saturated carbocycles. The molecule has 37 heavy (non-hydrogen) atoms. The molecule has 3 aromatic rings. The van der Waals surface area contributed by atoms with Crippen molar-refractivity contribution in [3.05, 3.63) is 71.7 Å². The van der Waals surface area contributed by atoms with E-state index < -0.39 is 45.2 Å². The van der Waals surface area contributed by atoms with Crippen molar-refractivity contribution in [2.45, 2.75) is 49.5 Å². The smallest absolute Gasteiger partial charge is 0.327 e. The minimum atomic E-state index is -4.09. The number of benzene rings is 2. The number of aliphatic hydroxyl groups excluding tert-OH is 1. The van der Waals surface area contributed by atoms with Crippen LogP contribution in [0.25, 0.3) is 11.3 Å². The fraction of sp³-hybridized carbons (Fsp3) is 0.346. The van der Waals surface area contributed by atoms with Gasteiger partial charge in [-0.05, 0) is 75.7 Å². The van der Waals surface area contributed by atoms with Crippen molar-refractivity contribution in [2.75, 3.05) is 6.61 Å². The molecule has 0 unspecified atom stereocenters. The summed E-state index contributed by atoms with van der Waals surface area (Å²) in [4.78, 5) is 25.2. The highest BCUT2D eigenvalue weighted by Crippen LogP contribution is 2.28. The number of aryl methyl sites for hydroxylation is 1. The topological polar surface area (TPSA) is 128 Å². The molecule has 0 saturated heterocycles. The Bertz CT molecular complexity index is 1380. The molecule has 198 valence electrons. The first kappa shape index (κ1) is 28.0. The lowest BCUT2D eigenvalue weighted by Gasteiger charge is -2.24. The largest absolute Gasteiger partial charge is 0.462 e. The Morgan fingerprint density at radius 3 is 2.24 bits per heavy atom. The Morgan fingerprint density at radius 1 is 1.11 bits per heavy atom. The van der Waals surface area contributed by atoms with Gasteiger partial charge in [0.25, 0.3) is 5.91 Å². The summed E-state index contributed by atoms with van der Waals surface area (Å²) in [5.41, 5.74) is 1.77. The summed E-state index contributed by atoms with van der Waals surface area (Å²) < 4.78 is 44.1. The highest BCUT2D eigenvalue weighted by Gasteiger charge is 2.44. The van der Waals surface area contributed by atoms with Gasteiger partial charge in [-0.2, -0.15) is 5.10 Å². The summed E-state index contributed by atoms with van der Waals surface area (Å²) in [5, 5.41) is 16.9. The van der Waals surface area contributed by atoms with E-state index in [1.165, 1.54) is 54.9 Å². The van der Waals surface area contributed by atoms with Crippen molar-refractivity contribution in [1.29, 1.82) is 0 Å². The van der Waals surface area contributed by atoms with E-state index in [0.29, 0.717) is 16.8 Å². The first-order chi connectivity index (χ1) is 17.3. The lowest BCUT2D eigenvalue weighted by Crippen LogP contribution is -2.43. The highest BCUT2D eigenvalue weighted by atomic mass is 32.2. The number of aliphatic hydroxyl groups is 1. The maximum Gasteiger partial charge on any atom is 0.327 e. The number of ether oxygens (including phenoxy) is 1. The number of nitrogens with one attached hydrogen (secondary N) is 1. The lowest BCUT2D eigenvalue weighted by atomic mass is 10.1. The van der Waals surface area contributed by atoms with Crippen LogP contribution in [-0.4, -0.2) is 52.6 Å². The minimum absolute atomic E-state index is 0.0967. The molecule has 0 spiro atoms. The number of amides is 1. The minimum Gasteiger partial charge on any atom is -0.462 e. The molecule has 1 heterocycles. The molecule has 2 N–H and O–H groups in total. The summed E-state index contributed by atoms with van der Waals surface area (Å²) in [6.07, 6.45) is -0.468. The monoisotopic (exact) mass is 531 g/mol. The van der Waals surface area contributed by atoms with Gasteiger partial charge in [-0.25, -0.2) is 12.8 Å². The number of nitrogens with zero attached hydrogens (tertiary/aromatic N) is 2. The van der Waals surface area contributed by atoms with Crippen LogP contribution in [0.4, 0.5) is 4.39 Å². The molecule has 0 aliphatic rings. The van der Waals surface area contributed by atoms with Crippen LogP contribution >= 0.6 is 0 Å². The van der Waals surface area contributed by atoms with Crippen LogP contribution in [0.2, 0.25) is 0 Å². The number of sulfone groups is 1. The summed E-state index contributed by atoms with van der Waals surface area (Å²) in [5.74, 6) is -1.76. The van der Waals surface area contributed by atoms with Crippen LogP contribution in [0.5, 0.6) is 0 Å². The van der Waals surface area contributed by atoms with Gasteiger partial charge in [0.15, 0.2) is 14.6 Å². The van der Waals surface area contributed by atoms with Crippen molar-refractivity contribution in [3.8, 4) is 11.3 Å². The molecule has 1 atom stereocenters. The zero-order chi connectivity index (χ0) is 27.5. The molecule has 2 aromatic carbocycles. The van der Waals surface area contributed by atoms with Crippen molar-refractivity contribution < 1.29 is 32.2 Å². The maximum absolute atomic E-state index is 13.2. The number of carbonyl (C=O) groups excluding carboxylic acids is 2. The van der Waals surface area contributed by atoms with E-state index in [9.17, 15) is 27.5 Å². The number of aromatic nitrogens is 2. The van der Waals surface area contributed by atoms with Crippen molar-refractivity contribution >= 4 is 21.7 Å². The molecular weight excluding hydrogens is 501 g/mol. The summed E-state index contributed by atoms with van der Waals surface area (Å²) >= 11 is 0. The predicted octanol–water partition coefficient (Wildman–Crippen LogP) is 3.19. The second-order valence-corrected chi connectivity index (χ2v) is 11.8. The van der Waals surface area contributed by atoms with Gasteiger partial charge in [-0.3, -0.25) is 14.3 Å². The van der Waals surface area contributed by atoms with Crippen LogP contribution in [0.1, 0.15) is 49.8 Å². The van der Waals surface area contributed by atoms with Crippen LogP contribution in [0.3, 0.4) is 0 Å². The average molecular weight is 532 g/mol. The number of halogens is 1. The van der Waals surface area contributed by atoms with E-state index in [0.717, 1.165) is 0 Å². The maximum atomic E-state index is 13.2. The van der Waals surface area contributed by atoms with Crippen molar-refractivity contribution in [1.82, 2.24) is 15.1 Å². The average Bonchev–Trinajstić information content (AvgIpc) is 3.24. The summed E-state index contributed by atoms with van der Waals surface area (Å²) in [6, 6.07) is 12.0. The molecule has 1 aromatic heterocycles. The molecule has 0 radical (unpaired) electrons. The molecule has 9 nitrogen and oxygen atoms in total. The Morgan fingerprint density at radius 2 is 1.70 bits per heavy atom. The number of esters is 1. The van der Waals surface area contributed by atoms with Crippen molar-refractivity contribution in [2.24, 2.45) is 7.05 Å². The predicted molar refractivity (Wildman–Crippen MR) is 135 cm³/mol. The van der Waals surface area contributed by atoms with Crippen molar-refractivity contribution in [3.63, 3.8) is 0 Å². The van der Waals surface area contributed by atoms with E-state index in [4.69, 9.17) is 4.74 Å². The summed E-state index contributed by atoms with van der Waals surface area (Å²) in [7, 11) is -2.51. The van der Waals surface area contributed by atoms with E-state index in [2.05, 4.69) is 10.4 Å². The Balaban J connectivity index is 1.79. The van der Waals surface area contributed by atoms with E-state index in [1.54, 1.807) is 39.1 Å². The van der Waals surface area contributed by atoms with Gasteiger partial charge in [0, 0.05) is 12.6 Å². The normalized spacial score (nSPS) is 12.9. The van der Waals surface area contributed by atoms with Gasteiger partial charge < -0.3 is 15.2 Å². The number of carbonyl (C=O) groups is 2. The molecule has 1 amide bonds. The summed E-state index contributed by atoms with van der Waals surface area (Å²) in [6.45, 7) is 5.38. The van der Waals surface area contributed by atoms with Gasteiger partial charge >= 0.3 is 5.97 Å². The van der Waals surface area contributed by atoms with Crippen LogP contribution in [-0.2, 0) is 26.4 Å². The first-order valence-electron chi connectivity index (χ1n) is 11.5. The van der Waals surface area contributed by atoms with E-state index in [-0.39, 0.29) is 16.4 Å². The van der Waals surface area contributed by atoms with Gasteiger partial charge in [0.05, 0.1) is 29.3 Å². The molecule has 0 bridgehead atoms. The van der Waals surface area contributed by atoms with E-state index >= 15 is 0 Å². The number of rotatable bonds is 9. The number of hydrogen-bond donors (Lipinski definition) is 2. The molecule has 0 aliphatic heterocycles. The van der Waals surface area contributed by atoms with Crippen LogP contribution < -0.4 is 5.32 Å². The lowest BCUT2D eigenvalue weighted by molar-refractivity contribution is -0.149. The zero-order valence-electron chi connectivity index (χ0n) is 21.2. The molecule has 3 rings (SSSR count). The quantitative estimate of drug-likeness (QED) is 0.406. The molecular formula is C26H30FN3O6S. The molecule has 11 heteroatoms. The standard InChI is InChI=1S/C26H30FN3O6S/c1-16(2)36-25(33)26(3,4)37(34,35)20-12-8-18(9-13-20)22(15-31)28-24(32)23-14-21(29-30(23)5)17-6-10-19(27)11-7-17/h6-14,16,22,31H,15H2,1-5H3,(H,28,32)/t22-/m1/s1. The van der Waals surface area contributed by atoms with E-state index in [1.807, 2.05) is 0 Å². The Hall–Kier alpha value is -3.57. The zero-order valence-corrected chi connectivity index (χ0v) is 22.0. The Kier molecular flexibility index (Phi) is 8.19. The second-order valence-electron chi connectivity index (χ2n) is 9.29. The van der Waals surface area contributed by atoms with Gasteiger partial charge in [-0.1, -0.05) is 12.1 Å². The van der Waals surface area contributed by atoms with Gasteiger partial charge in [0.2, 0.25) is 0 Å². The molecule has 0 aliphatic carbocycles. The second kappa shape index (κ2) is 10.8. The van der Waals surface area contributed by atoms with Crippen LogP contribution in [0.15, 0.2) is 59.5 Å². The number of hydrogen-bond acceptors (Lipinski definition) is 7. The molecule has 0 fully saturated rings. The first-order valence-corrected chi connectivity index (χ1v) is 13.0. The third-order valence-corrected chi connectivity index (χ3v) is 8.24. The fourth-order valence-electron chi connectivity index (χ4n) is 3.55. The van der Waals surface area contributed by atoms with Crippen LogP contribution in [0, 0.1) is 5.82 Å². The fourth-order valence-corrected chi connectivity index (χ4v) is 4.90. The Labute approximate surface area is 215 Å².